The number of hydrogen-bond acceptors (Lipinski definition) is 5. The number of rotatable bonds is 6. The van der Waals surface area contributed by atoms with Crippen molar-refractivity contribution in [2.75, 3.05) is 21.0 Å². The van der Waals surface area contributed by atoms with Gasteiger partial charge >= 0.3 is 0 Å². The summed E-state index contributed by atoms with van der Waals surface area (Å²) in [6.45, 7) is 7.05. The predicted molar refractivity (Wildman–Crippen MR) is 100 cm³/mol. The first-order valence-electron chi connectivity index (χ1n) is 9.14. The van der Waals surface area contributed by atoms with Gasteiger partial charge in [-0.2, -0.15) is 0 Å². The van der Waals surface area contributed by atoms with E-state index in [2.05, 4.69) is 26.8 Å². The Hall–Kier alpha value is -1.16. The largest absolute Gasteiger partial charge is 0.493 e. The van der Waals surface area contributed by atoms with Crippen LogP contribution in [0.3, 0.4) is 0 Å². The SMILES string of the molecule is COCO[C@@H]1CC[C@@]2(C)Oc3c(cc(CP=O)cc3OC)C[C@@H]2C1(C)C. The van der Waals surface area contributed by atoms with Crippen molar-refractivity contribution < 1.29 is 23.5 Å². The second kappa shape index (κ2) is 7.46. The third-order valence-electron chi connectivity index (χ3n) is 6.17. The van der Waals surface area contributed by atoms with E-state index in [0.29, 0.717) is 18.9 Å². The van der Waals surface area contributed by atoms with Crippen LogP contribution in [0.15, 0.2) is 12.1 Å². The summed E-state index contributed by atoms with van der Waals surface area (Å²) in [7, 11) is 3.42. The zero-order chi connectivity index (χ0) is 18.9. The molecule has 1 heterocycles. The number of hydrogen-bond donors (Lipinski definition) is 0. The molecule has 1 aliphatic carbocycles. The molecule has 3 rings (SSSR count). The van der Waals surface area contributed by atoms with E-state index in [-0.39, 0.29) is 25.6 Å². The molecule has 144 valence electrons. The van der Waals surface area contributed by atoms with Gasteiger partial charge in [0.25, 0.3) is 0 Å². The maximum absolute atomic E-state index is 11.1. The van der Waals surface area contributed by atoms with Crippen LogP contribution >= 0.6 is 8.46 Å². The molecule has 0 spiro atoms. The Morgan fingerprint density at radius 1 is 1.27 bits per heavy atom. The average Bonchev–Trinajstić information content (AvgIpc) is 2.60. The lowest BCUT2D eigenvalue weighted by atomic mass is 9.57. The van der Waals surface area contributed by atoms with Gasteiger partial charge < -0.3 is 18.9 Å². The smallest absolute Gasteiger partial charge is 0.165 e. The first-order chi connectivity index (χ1) is 12.4. The molecule has 6 heteroatoms. The summed E-state index contributed by atoms with van der Waals surface area (Å²) in [5.41, 5.74) is 1.83. The lowest BCUT2D eigenvalue weighted by Gasteiger charge is -2.56. The van der Waals surface area contributed by atoms with Crippen molar-refractivity contribution in [3.05, 3.63) is 23.3 Å². The summed E-state index contributed by atoms with van der Waals surface area (Å²) in [5.74, 6) is 1.88. The molecule has 26 heavy (non-hydrogen) atoms. The van der Waals surface area contributed by atoms with Crippen LogP contribution in [0.2, 0.25) is 0 Å². The molecule has 5 nitrogen and oxygen atoms in total. The molecule has 1 saturated carbocycles. The van der Waals surface area contributed by atoms with Crippen LogP contribution in [0.4, 0.5) is 0 Å². The Balaban J connectivity index is 1.97. The van der Waals surface area contributed by atoms with Gasteiger partial charge in [0.15, 0.2) is 20.0 Å². The van der Waals surface area contributed by atoms with E-state index in [1.807, 2.05) is 6.07 Å². The Labute approximate surface area is 157 Å². The number of benzene rings is 1. The van der Waals surface area contributed by atoms with Crippen molar-refractivity contribution >= 4 is 8.46 Å². The molecule has 2 aliphatic rings. The maximum Gasteiger partial charge on any atom is 0.165 e. The Kier molecular flexibility index (Phi) is 5.62. The average molecular weight is 380 g/mol. The summed E-state index contributed by atoms with van der Waals surface area (Å²) < 4.78 is 34.3. The Bertz CT molecular complexity index is 674. The highest BCUT2D eigenvalue weighted by atomic mass is 31.1. The van der Waals surface area contributed by atoms with Gasteiger partial charge in [-0.05, 0) is 48.8 Å². The highest BCUT2D eigenvalue weighted by Crippen LogP contribution is 2.55. The van der Waals surface area contributed by atoms with Crippen molar-refractivity contribution in [2.45, 2.75) is 57.9 Å². The van der Waals surface area contributed by atoms with E-state index in [4.69, 9.17) is 18.9 Å². The quantitative estimate of drug-likeness (QED) is 0.533. The third-order valence-corrected chi connectivity index (χ3v) is 6.67. The number of methoxy groups -OCH3 is 2. The molecule has 0 aromatic heterocycles. The topological polar surface area (TPSA) is 54.0 Å². The molecular weight excluding hydrogens is 351 g/mol. The van der Waals surface area contributed by atoms with Gasteiger partial charge in [0.2, 0.25) is 0 Å². The molecule has 0 saturated heterocycles. The van der Waals surface area contributed by atoms with Gasteiger partial charge in [0.1, 0.15) is 12.4 Å². The fourth-order valence-corrected chi connectivity index (χ4v) is 5.12. The third kappa shape index (κ3) is 3.37. The number of ether oxygens (including phenoxy) is 4. The molecule has 0 bridgehead atoms. The summed E-state index contributed by atoms with van der Waals surface area (Å²) in [5, 5.41) is 0. The maximum atomic E-state index is 11.1. The summed E-state index contributed by atoms with van der Waals surface area (Å²) in [4.78, 5) is 0. The molecule has 1 fully saturated rings. The summed E-state index contributed by atoms with van der Waals surface area (Å²) in [6, 6.07) is 4.05. The lowest BCUT2D eigenvalue weighted by molar-refractivity contribution is -0.185. The summed E-state index contributed by atoms with van der Waals surface area (Å²) >= 11 is 0. The zero-order valence-corrected chi connectivity index (χ0v) is 17.2. The normalized spacial score (nSPS) is 29.6. The van der Waals surface area contributed by atoms with E-state index in [9.17, 15) is 4.57 Å². The Morgan fingerprint density at radius 2 is 2.04 bits per heavy atom. The van der Waals surface area contributed by atoms with Gasteiger partial charge in [0.05, 0.1) is 19.4 Å². The van der Waals surface area contributed by atoms with Crippen LogP contribution in [0.1, 0.15) is 44.7 Å². The van der Waals surface area contributed by atoms with E-state index >= 15 is 0 Å². The standard InChI is InChI=1S/C20H29O5P/c1-19(2)16-10-14-8-13(11-26-21)9-15(23-5)18(14)25-20(16,3)7-6-17(19)24-12-22-4/h8-9,16-17H,6-7,10-12H2,1-5H3/t16-,17-,20-/m1/s1. The van der Waals surface area contributed by atoms with Crippen LogP contribution in [-0.2, 0) is 26.6 Å². The molecule has 3 atom stereocenters. The molecule has 0 amide bonds. The van der Waals surface area contributed by atoms with Gasteiger partial charge in [-0.3, -0.25) is 4.57 Å². The molecule has 0 unspecified atom stereocenters. The summed E-state index contributed by atoms with van der Waals surface area (Å²) in [6.07, 6.45) is 3.38. The highest BCUT2D eigenvalue weighted by molar-refractivity contribution is 7.22. The minimum atomic E-state index is -0.255. The van der Waals surface area contributed by atoms with E-state index in [1.54, 1.807) is 14.2 Å². The van der Waals surface area contributed by atoms with Gasteiger partial charge in [-0.1, -0.05) is 19.9 Å². The van der Waals surface area contributed by atoms with Crippen LogP contribution < -0.4 is 9.47 Å². The molecule has 0 N–H and O–H groups in total. The Morgan fingerprint density at radius 3 is 2.69 bits per heavy atom. The molecule has 0 radical (unpaired) electrons. The fraction of sp³-hybridized carbons (Fsp3) is 0.700. The highest BCUT2D eigenvalue weighted by Gasteiger charge is 2.55. The van der Waals surface area contributed by atoms with Gasteiger partial charge in [-0.15, -0.1) is 0 Å². The van der Waals surface area contributed by atoms with Crippen molar-refractivity contribution in [3.63, 3.8) is 0 Å². The molecule has 1 aliphatic heterocycles. The predicted octanol–water partition coefficient (Wildman–Crippen LogP) is 4.61. The first-order valence-corrected chi connectivity index (χ1v) is 10.1. The molecule has 1 aromatic rings. The van der Waals surface area contributed by atoms with E-state index in [0.717, 1.165) is 41.9 Å². The van der Waals surface area contributed by atoms with Gasteiger partial charge in [-0.25, -0.2) is 0 Å². The van der Waals surface area contributed by atoms with Crippen LogP contribution in [0.25, 0.3) is 0 Å². The molecule has 1 aromatic carbocycles. The van der Waals surface area contributed by atoms with Crippen molar-refractivity contribution in [1.29, 1.82) is 0 Å². The zero-order valence-electron chi connectivity index (χ0n) is 16.3. The fourth-order valence-electron chi connectivity index (χ4n) is 4.79. The van der Waals surface area contributed by atoms with Crippen molar-refractivity contribution in [2.24, 2.45) is 11.3 Å². The van der Waals surface area contributed by atoms with Crippen molar-refractivity contribution in [3.8, 4) is 11.5 Å². The van der Waals surface area contributed by atoms with Crippen LogP contribution in [0.5, 0.6) is 11.5 Å². The lowest BCUT2D eigenvalue weighted by Crippen LogP contribution is -2.59. The minimum absolute atomic E-state index is 0.0523. The monoisotopic (exact) mass is 380 g/mol. The second-order valence-corrected chi connectivity index (χ2v) is 8.74. The first kappa shape index (κ1) is 19.6. The molecular formula is C20H29O5P. The second-order valence-electron chi connectivity index (χ2n) is 8.17. The minimum Gasteiger partial charge on any atom is -0.493 e. The van der Waals surface area contributed by atoms with E-state index < -0.39 is 0 Å². The number of fused-ring (bicyclic) bond motifs is 2. The van der Waals surface area contributed by atoms with Crippen molar-refractivity contribution in [1.82, 2.24) is 0 Å². The van der Waals surface area contributed by atoms with E-state index in [1.165, 1.54) is 0 Å². The van der Waals surface area contributed by atoms with Crippen LogP contribution in [0, 0.1) is 11.3 Å². The van der Waals surface area contributed by atoms with Crippen LogP contribution in [-0.4, -0.2) is 32.7 Å². The van der Waals surface area contributed by atoms with Gasteiger partial charge in [0, 0.05) is 13.0 Å².